The zero-order valence-electron chi connectivity index (χ0n) is 11.7. The average molecular weight is 271 g/mol. The number of likely N-dealkylation sites (tertiary alicyclic amines) is 1. The van der Waals surface area contributed by atoms with Gasteiger partial charge in [0.05, 0.1) is 12.7 Å². The predicted molar refractivity (Wildman–Crippen MR) is 73.8 cm³/mol. The zero-order chi connectivity index (χ0) is 13.5. The molecule has 0 aromatic heterocycles. The highest BCUT2D eigenvalue weighted by molar-refractivity contribution is 5.81. The minimum atomic E-state index is -0.231. The minimum absolute atomic E-state index is 0.0197. The fourth-order valence-corrected chi connectivity index (χ4v) is 3.08. The van der Waals surface area contributed by atoms with Crippen molar-refractivity contribution in [3.63, 3.8) is 0 Å². The number of carbonyl (C=O) groups excluding carboxylic acids is 1. The lowest BCUT2D eigenvalue weighted by Gasteiger charge is -2.32. The van der Waals surface area contributed by atoms with Crippen LogP contribution in [0.3, 0.4) is 0 Å². The van der Waals surface area contributed by atoms with Crippen LogP contribution in [-0.4, -0.2) is 56.2 Å². The van der Waals surface area contributed by atoms with Gasteiger partial charge in [-0.1, -0.05) is 0 Å². The number of rotatable bonds is 6. The van der Waals surface area contributed by atoms with Gasteiger partial charge in [0.1, 0.15) is 0 Å². The van der Waals surface area contributed by atoms with E-state index in [4.69, 9.17) is 0 Å². The smallest absolute Gasteiger partial charge is 0.237 e. The molecule has 0 aromatic carbocycles. The molecule has 0 aliphatic carbocycles. The normalized spacial score (nSPS) is 28.5. The number of carbonyl (C=O) groups is 1. The first-order valence-corrected chi connectivity index (χ1v) is 7.59. The molecule has 0 saturated carbocycles. The number of alkyl halides is 1. The van der Waals surface area contributed by atoms with Gasteiger partial charge in [-0.2, -0.15) is 0 Å². The molecule has 2 atom stereocenters. The van der Waals surface area contributed by atoms with Gasteiger partial charge in [0, 0.05) is 19.6 Å². The third kappa shape index (κ3) is 4.73. The molecule has 2 unspecified atom stereocenters. The number of hydrogen-bond acceptors (Lipinski definition) is 3. The number of halogens is 1. The fourth-order valence-electron chi connectivity index (χ4n) is 3.08. The van der Waals surface area contributed by atoms with E-state index in [9.17, 15) is 9.18 Å². The van der Waals surface area contributed by atoms with E-state index in [1.165, 1.54) is 6.42 Å². The predicted octanol–water partition coefficient (Wildman–Crippen LogP) is 0.926. The van der Waals surface area contributed by atoms with Crippen LogP contribution in [0.15, 0.2) is 0 Å². The topological polar surface area (TPSA) is 44.4 Å². The Balaban J connectivity index is 1.65. The molecule has 0 aromatic rings. The summed E-state index contributed by atoms with van der Waals surface area (Å²) in [6, 6.07) is 0.0197. The highest BCUT2D eigenvalue weighted by Gasteiger charge is 2.24. The number of piperidine rings is 1. The van der Waals surface area contributed by atoms with E-state index in [0.29, 0.717) is 12.3 Å². The Morgan fingerprint density at radius 2 is 2.26 bits per heavy atom. The van der Waals surface area contributed by atoms with Gasteiger partial charge in [-0.15, -0.1) is 0 Å². The molecule has 4 nitrogen and oxygen atoms in total. The lowest BCUT2D eigenvalue weighted by molar-refractivity contribution is -0.123. The fraction of sp³-hybridized carbons (Fsp3) is 0.929. The molecule has 1 amide bonds. The Bertz CT molecular complexity index is 282. The van der Waals surface area contributed by atoms with Crippen molar-refractivity contribution in [2.45, 2.75) is 38.1 Å². The summed E-state index contributed by atoms with van der Waals surface area (Å²) >= 11 is 0. The van der Waals surface area contributed by atoms with Gasteiger partial charge in [0.25, 0.3) is 0 Å². The first-order valence-electron chi connectivity index (χ1n) is 7.59. The van der Waals surface area contributed by atoms with Crippen LogP contribution in [0.1, 0.15) is 32.1 Å². The molecule has 5 heteroatoms. The summed E-state index contributed by atoms with van der Waals surface area (Å²) in [6.07, 6.45) is 5.02. The summed E-state index contributed by atoms with van der Waals surface area (Å²) in [7, 11) is 0. The van der Waals surface area contributed by atoms with Crippen LogP contribution in [0.25, 0.3) is 0 Å². The van der Waals surface area contributed by atoms with Crippen molar-refractivity contribution in [1.29, 1.82) is 0 Å². The van der Waals surface area contributed by atoms with E-state index >= 15 is 0 Å². The van der Waals surface area contributed by atoms with E-state index in [0.717, 1.165) is 52.0 Å². The van der Waals surface area contributed by atoms with Crippen LogP contribution in [-0.2, 0) is 4.79 Å². The third-order valence-corrected chi connectivity index (χ3v) is 4.15. The number of nitrogens with zero attached hydrogens (tertiary/aromatic N) is 1. The number of hydrogen-bond donors (Lipinski definition) is 2. The summed E-state index contributed by atoms with van der Waals surface area (Å²) in [4.78, 5) is 14.2. The van der Waals surface area contributed by atoms with Gasteiger partial charge in [-0.3, -0.25) is 9.18 Å². The molecule has 2 rings (SSSR count). The van der Waals surface area contributed by atoms with Gasteiger partial charge in [-0.25, -0.2) is 0 Å². The minimum Gasteiger partial charge on any atom is -0.354 e. The van der Waals surface area contributed by atoms with Crippen LogP contribution in [0.2, 0.25) is 0 Å². The van der Waals surface area contributed by atoms with Crippen molar-refractivity contribution in [3.05, 3.63) is 0 Å². The van der Waals surface area contributed by atoms with Crippen molar-refractivity contribution in [2.75, 3.05) is 39.4 Å². The average Bonchev–Trinajstić information content (AvgIpc) is 2.97. The SMILES string of the molecule is O=C(NCC1CCCN(CCCF)C1)C1CCCN1. The van der Waals surface area contributed by atoms with E-state index in [1.807, 2.05) is 0 Å². The maximum Gasteiger partial charge on any atom is 0.237 e. The van der Waals surface area contributed by atoms with E-state index < -0.39 is 0 Å². The number of amides is 1. The van der Waals surface area contributed by atoms with Crippen LogP contribution < -0.4 is 10.6 Å². The van der Waals surface area contributed by atoms with Gasteiger partial charge in [0.15, 0.2) is 0 Å². The highest BCUT2D eigenvalue weighted by Crippen LogP contribution is 2.16. The molecule has 0 spiro atoms. The molecule has 0 bridgehead atoms. The Morgan fingerprint density at radius 1 is 1.37 bits per heavy atom. The van der Waals surface area contributed by atoms with Crippen molar-refractivity contribution in [2.24, 2.45) is 5.92 Å². The maximum absolute atomic E-state index is 12.2. The molecular weight excluding hydrogens is 245 g/mol. The molecule has 2 fully saturated rings. The van der Waals surface area contributed by atoms with Gasteiger partial charge in [0.2, 0.25) is 5.91 Å². The molecule has 2 aliphatic heterocycles. The summed E-state index contributed by atoms with van der Waals surface area (Å²) in [5.41, 5.74) is 0. The molecule has 2 N–H and O–H groups in total. The van der Waals surface area contributed by atoms with Crippen LogP contribution in [0.4, 0.5) is 4.39 Å². The van der Waals surface area contributed by atoms with Crippen LogP contribution in [0, 0.1) is 5.92 Å². The van der Waals surface area contributed by atoms with E-state index in [-0.39, 0.29) is 18.6 Å². The van der Waals surface area contributed by atoms with E-state index in [1.54, 1.807) is 0 Å². The van der Waals surface area contributed by atoms with E-state index in [2.05, 4.69) is 15.5 Å². The molecule has 2 saturated heterocycles. The van der Waals surface area contributed by atoms with Crippen LogP contribution >= 0.6 is 0 Å². The Morgan fingerprint density at radius 3 is 3.00 bits per heavy atom. The first-order chi connectivity index (χ1) is 9.29. The summed E-state index contributed by atoms with van der Waals surface area (Å²) in [6.45, 7) is 4.42. The van der Waals surface area contributed by atoms with Gasteiger partial charge in [-0.05, 0) is 51.1 Å². The molecule has 2 heterocycles. The maximum atomic E-state index is 12.2. The molecule has 110 valence electrons. The Kier molecular flexibility index (Phi) is 6.04. The first kappa shape index (κ1) is 14.7. The van der Waals surface area contributed by atoms with Crippen molar-refractivity contribution >= 4 is 5.91 Å². The highest BCUT2D eigenvalue weighted by atomic mass is 19.1. The van der Waals surface area contributed by atoms with Crippen molar-refractivity contribution in [1.82, 2.24) is 15.5 Å². The van der Waals surface area contributed by atoms with Crippen LogP contribution in [0.5, 0.6) is 0 Å². The Labute approximate surface area is 115 Å². The third-order valence-electron chi connectivity index (χ3n) is 4.15. The molecule has 2 aliphatic rings. The largest absolute Gasteiger partial charge is 0.354 e. The van der Waals surface area contributed by atoms with Crippen molar-refractivity contribution < 1.29 is 9.18 Å². The second kappa shape index (κ2) is 7.80. The quantitative estimate of drug-likeness (QED) is 0.755. The standard InChI is InChI=1S/C14H26FN3O/c15-6-3-9-18-8-2-4-12(11-18)10-17-14(19)13-5-1-7-16-13/h12-13,16H,1-11H2,(H,17,19). The molecular formula is C14H26FN3O. The molecule has 0 radical (unpaired) electrons. The second-order valence-corrected chi connectivity index (χ2v) is 5.75. The number of nitrogens with one attached hydrogen (secondary N) is 2. The summed E-state index contributed by atoms with van der Waals surface area (Å²) in [5.74, 6) is 0.678. The second-order valence-electron chi connectivity index (χ2n) is 5.75. The zero-order valence-corrected chi connectivity index (χ0v) is 11.7. The lowest BCUT2D eigenvalue weighted by atomic mass is 9.97. The van der Waals surface area contributed by atoms with Gasteiger partial charge < -0.3 is 15.5 Å². The Hall–Kier alpha value is -0.680. The van der Waals surface area contributed by atoms with Gasteiger partial charge >= 0.3 is 0 Å². The lowest BCUT2D eigenvalue weighted by Crippen LogP contribution is -2.45. The summed E-state index contributed by atoms with van der Waals surface area (Å²) < 4.78 is 12.2. The summed E-state index contributed by atoms with van der Waals surface area (Å²) in [5, 5.41) is 6.29. The molecule has 19 heavy (non-hydrogen) atoms. The monoisotopic (exact) mass is 271 g/mol. The van der Waals surface area contributed by atoms with Crippen molar-refractivity contribution in [3.8, 4) is 0 Å².